The number of thioether (sulfide) groups is 1. The van der Waals surface area contributed by atoms with E-state index in [0.717, 1.165) is 5.75 Å². The van der Waals surface area contributed by atoms with E-state index in [1.54, 1.807) is 18.7 Å². The summed E-state index contributed by atoms with van der Waals surface area (Å²) in [5.41, 5.74) is 2.36. The molecule has 3 rings (SSSR count). The van der Waals surface area contributed by atoms with E-state index >= 15 is 0 Å². The maximum Gasteiger partial charge on any atom is 0.329 e. The highest BCUT2D eigenvalue weighted by Gasteiger charge is 2.15. The van der Waals surface area contributed by atoms with Gasteiger partial charge in [-0.15, -0.1) is 0 Å². The average molecular weight is 316 g/mol. The second-order valence-electron chi connectivity index (χ2n) is 5.22. The molecule has 0 fully saturated rings. The van der Waals surface area contributed by atoms with Crippen molar-refractivity contribution in [1.29, 1.82) is 0 Å². The highest BCUT2D eigenvalue weighted by molar-refractivity contribution is 7.98. The third-order valence-electron chi connectivity index (χ3n) is 3.58. The summed E-state index contributed by atoms with van der Waals surface area (Å²) in [6.45, 7) is 2.05. The monoisotopic (exact) mass is 316 g/mol. The highest BCUT2D eigenvalue weighted by atomic mass is 32.2. The molecule has 0 aliphatic carbocycles. The van der Waals surface area contributed by atoms with Gasteiger partial charge >= 0.3 is 5.69 Å². The van der Waals surface area contributed by atoms with Crippen molar-refractivity contribution >= 4 is 22.9 Å². The van der Waals surface area contributed by atoms with Crippen molar-refractivity contribution in [3.05, 3.63) is 56.2 Å². The Hall–Kier alpha value is -2.28. The predicted octanol–water partition coefficient (Wildman–Crippen LogP) is 1.56. The van der Waals surface area contributed by atoms with Gasteiger partial charge in [0, 0.05) is 19.8 Å². The number of nitrogens with zero attached hydrogens (tertiary/aromatic N) is 3. The number of hydrogen-bond acceptors (Lipinski definition) is 4. The Kier molecular flexibility index (Phi) is 3.66. The topological polar surface area (TPSA) is 72.7 Å². The Morgan fingerprint density at radius 1 is 1.14 bits per heavy atom. The number of H-pyrrole nitrogens is 1. The maximum absolute atomic E-state index is 12.0. The van der Waals surface area contributed by atoms with Crippen molar-refractivity contribution in [1.82, 2.24) is 19.1 Å². The van der Waals surface area contributed by atoms with Crippen LogP contribution < -0.4 is 11.2 Å². The van der Waals surface area contributed by atoms with Gasteiger partial charge in [-0.1, -0.05) is 41.6 Å². The number of aryl methyl sites for hydroxylation is 3. The maximum atomic E-state index is 12.0. The summed E-state index contributed by atoms with van der Waals surface area (Å²) in [6, 6.07) is 8.29. The third kappa shape index (κ3) is 2.48. The van der Waals surface area contributed by atoms with Gasteiger partial charge in [0.15, 0.2) is 16.3 Å². The quantitative estimate of drug-likeness (QED) is 0.744. The Labute approximate surface area is 130 Å². The van der Waals surface area contributed by atoms with Crippen LogP contribution in [0.1, 0.15) is 11.1 Å². The van der Waals surface area contributed by atoms with Gasteiger partial charge in [0.2, 0.25) is 0 Å². The lowest BCUT2D eigenvalue weighted by atomic mass is 10.2. The first-order valence-corrected chi connectivity index (χ1v) is 7.80. The fourth-order valence-electron chi connectivity index (χ4n) is 2.25. The molecule has 0 saturated carbocycles. The summed E-state index contributed by atoms with van der Waals surface area (Å²) in [5, 5.41) is 0.710. The molecule has 0 amide bonds. The van der Waals surface area contributed by atoms with Gasteiger partial charge in [-0.05, 0) is 12.5 Å². The van der Waals surface area contributed by atoms with Crippen LogP contribution in [0.3, 0.4) is 0 Å². The summed E-state index contributed by atoms with van der Waals surface area (Å²) in [5.74, 6) is 0.753. The van der Waals surface area contributed by atoms with Crippen molar-refractivity contribution < 1.29 is 0 Å². The molecule has 0 radical (unpaired) electrons. The van der Waals surface area contributed by atoms with Crippen LogP contribution >= 0.6 is 11.8 Å². The zero-order chi connectivity index (χ0) is 15.9. The van der Waals surface area contributed by atoms with Crippen LogP contribution in [0.15, 0.2) is 39.0 Å². The Balaban J connectivity index is 1.98. The molecule has 0 bridgehead atoms. The molecule has 22 heavy (non-hydrogen) atoms. The van der Waals surface area contributed by atoms with Crippen molar-refractivity contribution in [3.63, 3.8) is 0 Å². The van der Waals surface area contributed by atoms with Crippen molar-refractivity contribution in [2.45, 2.75) is 17.8 Å². The van der Waals surface area contributed by atoms with Crippen LogP contribution in [0.5, 0.6) is 0 Å². The normalized spacial score (nSPS) is 11.2. The van der Waals surface area contributed by atoms with E-state index in [4.69, 9.17) is 0 Å². The van der Waals surface area contributed by atoms with Gasteiger partial charge in [-0.2, -0.15) is 0 Å². The Bertz CT molecular complexity index is 951. The van der Waals surface area contributed by atoms with Gasteiger partial charge in [0.1, 0.15) is 0 Å². The molecule has 114 valence electrons. The molecule has 3 aromatic rings. The van der Waals surface area contributed by atoms with Crippen LogP contribution in [0.4, 0.5) is 0 Å². The smallest absolute Gasteiger partial charge is 0.316 e. The minimum atomic E-state index is -0.453. The first-order chi connectivity index (χ1) is 10.5. The number of fused-ring (bicyclic) bond motifs is 1. The molecule has 1 aromatic carbocycles. The van der Waals surface area contributed by atoms with E-state index in [-0.39, 0.29) is 0 Å². The molecule has 0 saturated heterocycles. The van der Waals surface area contributed by atoms with Gasteiger partial charge in [-0.25, -0.2) is 9.78 Å². The number of nitrogens with one attached hydrogen (secondary N) is 1. The first kappa shape index (κ1) is 14.6. The molecule has 2 aromatic heterocycles. The zero-order valence-electron chi connectivity index (χ0n) is 12.6. The molecule has 0 unspecified atom stereocenters. The largest absolute Gasteiger partial charge is 0.329 e. The van der Waals surface area contributed by atoms with E-state index in [1.807, 2.05) is 0 Å². The van der Waals surface area contributed by atoms with Crippen LogP contribution in [-0.4, -0.2) is 19.1 Å². The SMILES string of the molecule is Cc1ccc(CSc2nc3c(c(=O)[nH]c(=O)n3C)n2C)cc1. The summed E-state index contributed by atoms with van der Waals surface area (Å²) in [7, 11) is 3.38. The summed E-state index contributed by atoms with van der Waals surface area (Å²) >= 11 is 1.54. The van der Waals surface area contributed by atoms with Gasteiger partial charge < -0.3 is 4.57 Å². The second-order valence-corrected chi connectivity index (χ2v) is 6.16. The van der Waals surface area contributed by atoms with Crippen LogP contribution in [0.2, 0.25) is 0 Å². The van der Waals surface area contributed by atoms with Crippen LogP contribution in [0.25, 0.3) is 11.2 Å². The summed E-state index contributed by atoms with van der Waals surface area (Å²) < 4.78 is 3.08. The van der Waals surface area contributed by atoms with E-state index in [2.05, 4.69) is 41.2 Å². The number of imidazole rings is 1. The Morgan fingerprint density at radius 2 is 1.82 bits per heavy atom. The molecule has 7 heteroatoms. The molecule has 2 heterocycles. The number of aromatic amines is 1. The molecule has 0 atom stereocenters. The first-order valence-electron chi connectivity index (χ1n) is 6.81. The number of aromatic nitrogens is 4. The number of rotatable bonds is 3. The average Bonchev–Trinajstić information content (AvgIpc) is 2.82. The number of benzene rings is 1. The zero-order valence-corrected chi connectivity index (χ0v) is 13.4. The fourth-order valence-corrected chi connectivity index (χ4v) is 3.17. The van der Waals surface area contributed by atoms with Crippen molar-refractivity contribution in [2.24, 2.45) is 14.1 Å². The van der Waals surface area contributed by atoms with E-state index in [9.17, 15) is 9.59 Å². The van der Waals surface area contributed by atoms with Gasteiger partial charge in [-0.3, -0.25) is 14.3 Å². The molecular weight excluding hydrogens is 300 g/mol. The van der Waals surface area contributed by atoms with Gasteiger partial charge in [0.25, 0.3) is 5.56 Å². The molecule has 0 aliphatic heterocycles. The lowest BCUT2D eigenvalue weighted by Gasteiger charge is -2.02. The molecule has 0 spiro atoms. The van der Waals surface area contributed by atoms with Gasteiger partial charge in [0.05, 0.1) is 0 Å². The molecule has 0 aliphatic rings. The molecule has 6 nitrogen and oxygen atoms in total. The summed E-state index contributed by atoms with van der Waals surface area (Å²) in [4.78, 5) is 30.3. The predicted molar refractivity (Wildman–Crippen MR) is 87.3 cm³/mol. The molecule has 1 N–H and O–H groups in total. The van der Waals surface area contributed by atoms with E-state index < -0.39 is 11.2 Å². The van der Waals surface area contributed by atoms with E-state index in [1.165, 1.54) is 27.5 Å². The Morgan fingerprint density at radius 3 is 2.50 bits per heavy atom. The summed E-state index contributed by atoms with van der Waals surface area (Å²) in [6.07, 6.45) is 0. The third-order valence-corrected chi connectivity index (χ3v) is 4.68. The second kappa shape index (κ2) is 5.49. The minimum absolute atomic E-state index is 0.405. The lowest BCUT2D eigenvalue weighted by Crippen LogP contribution is -2.29. The minimum Gasteiger partial charge on any atom is -0.316 e. The fraction of sp³-hybridized carbons (Fsp3) is 0.267. The van der Waals surface area contributed by atoms with Crippen molar-refractivity contribution in [2.75, 3.05) is 0 Å². The molecular formula is C15H16N4O2S. The van der Waals surface area contributed by atoms with Crippen LogP contribution in [0, 0.1) is 6.92 Å². The van der Waals surface area contributed by atoms with Crippen molar-refractivity contribution in [3.8, 4) is 0 Å². The highest BCUT2D eigenvalue weighted by Crippen LogP contribution is 2.23. The van der Waals surface area contributed by atoms with E-state index in [0.29, 0.717) is 16.3 Å². The standard InChI is InChI=1S/C15H16N4O2S/c1-9-4-6-10(7-5-9)8-22-15-16-12-11(18(15)2)13(20)17-14(21)19(12)3/h4-7H,8H2,1-3H3,(H,17,20,21). The lowest BCUT2D eigenvalue weighted by molar-refractivity contribution is 0.811. The number of hydrogen-bond donors (Lipinski definition) is 1. The van der Waals surface area contributed by atoms with Crippen LogP contribution in [-0.2, 0) is 19.8 Å².